The molecule has 0 saturated heterocycles. The van der Waals surface area contributed by atoms with Crippen LogP contribution in [0, 0.1) is 40.4 Å². The molecular weight excluding hydrogens is 296 g/mol. The minimum Gasteiger partial charge on any atom is -0.396 e. The van der Waals surface area contributed by atoms with E-state index in [2.05, 4.69) is 26.8 Å². The summed E-state index contributed by atoms with van der Waals surface area (Å²) in [5.74, 6) is 3.58. The van der Waals surface area contributed by atoms with Crippen LogP contribution < -0.4 is 0 Å². The Balaban J connectivity index is 1.65. The first-order valence-corrected chi connectivity index (χ1v) is 9.95. The highest BCUT2D eigenvalue weighted by Crippen LogP contribution is 2.66. The second-order valence-electron chi connectivity index (χ2n) is 9.49. The van der Waals surface area contributed by atoms with Gasteiger partial charge in [0.15, 0.2) is 5.78 Å². The van der Waals surface area contributed by atoms with E-state index < -0.39 is 0 Å². The van der Waals surface area contributed by atoms with Crippen molar-refractivity contribution in [1.29, 1.82) is 0 Å². The summed E-state index contributed by atoms with van der Waals surface area (Å²) in [5.41, 5.74) is 1.91. The van der Waals surface area contributed by atoms with Crippen molar-refractivity contribution in [3.63, 3.8) is 0 Å². The third-order valence-electron chi connectivity index (χ3n) is 8.60. The SMILES string of the molecule is C[C@@H](CO)[C@H]1CC[C@H]2[C@@H]3CCC4=CC(=O)C=C[C@]4(C)[C@H]3CC[C@]12C. The molecule has 7 atom stereocenters. The fourth-order valence-electron chi connectivity index (χ4n) is 7.30. The summed E-state index contributed by atoms with van der Waals surface area (Å²) in [5, 5.41) is 9.70. The Labute approximate surface area is 146 Å². The zero-order valence-electron chi connectivity index (χ0n) is 15.4. The van der Waals surface area contributed by atoms with E-state index >= 15 is 0 Å². The molecule has 0 radical (unpaired) electrons. The maximum Gasteiger partial charge on any atom is 0.178 e. The smallest absolute Gasteiger partial charge is 0.178 e. The number of aliphatic hydroxyl groups is 1. The monoisotopic (exact) mass is 328 g/mol. The van der Waals surface area contributed by atoms with Crippen LogP contribution in [-0.2, 0) is 4.79 Å². The molecule has 1 N–H and O–H groups in total. The van der Waals surface area contributed by atoms with Gasteiger partial charge in [0.2, 0.25) is 0 Å². The first kappa shape index (κ1) is 16.6. The molecule has 0 unspecified atom stereocenters. The summed E-state index contributed by atoms with van der Waals surface area (Å²) in [6.45, 7) is 7.47. The highest BCUT2D eigenvalue weighted by molar-refractivity contribution is 6.01. The van der Waals surface area contributed by atoms with E-state index in [1.807, 2.05) is 12.2 Å². The number of rotatable bonds is 2. The van der Waals surface area contributed by atoms with Crippen molar-refractivity contribution in [2.24, 2.45) is 40.4 Å². The van der Waals surface area contributed by atoms with Gasteiger partial charge in [-0.3, -0.25) is 4.79 Å². The molecule has 0 heterocycles. The van der Waals surface area contributed by atoms with Gasteiger partial charge >= 0.3 is 0 Å². The fraction of sp³-hybridized carbons (Fsp3) is 0.773. The number of allylic oxidation sites excluding steroid dienone is 4. The van der Waals surface area contributed by atoms with Gasteiger partial charge < -0.3 is 5.11 Å². The molecule has 4 rings (SSSR count). The summed E-state index contributed by atoms with van der Waals surface area (Å²) in [6, 6.07) is 0. The zero-order valence-corrected chi connectivity index (χ0v) is 15.4. The minimum absolute atomic E-state index is 0.110. The van der Waals surface area contributed by atoms with Crippen LogP contribution in [0.5, 0.6) is 0 Å². The van der Waals surface area contributed by atoms with Crippen LogP contribution in [0.1, 0.15) is 59.3 Å². The molecule has 2 nitrogen and oxygen atoms in total. The van der Waals surface area contributed by atoms with Gasteiger partial charge in [0.05, 0.1) is 0 Å². The van der Waals surface area contributed by atoms with Crippen molar-refractivity contribution in [1.82, 2.24) is 0 Å². The predicted octanol–water partition coefficient (Wildman–Crippen LogP) is 4.54. The minimum atomic E-state index is 0.110. The van der Waals surface area contributed by atoms with E-state index in [1.165, 1.54) is 37.7 Å². The summed E-state index contributed by atoms with van der Waals surface area (Å²) in [4.78, 5) is 11.8. The van der Waals surface area contributed by atoms with Gasteiger partial charge in [0.1, 0.15) is 0 Å². The van der Waals surface area contributed by atoms with E-state index in [-0.39, 0.29) is 11.2 Å². The molecule has 0 aromatic carbocycles. The van der Waals surface area contributed by atoms with Gasteiger partial charge in [-0.05, 0) is 85.7 Å². The molecule has 0 aromatic heterocycles. The van der Waals surface area contributed by atoms with Crippen molar-refractivity contribution >= 4 is 5.78 Å². The lowest BCUT2D eigenvalue weighted by Crippen LogP contribution is -2.50. The molecule has 0 aromatic rings. The standard InChI is InChI=1S/C22H32O2/c1-14(13-23)18-6-7-19-17-5-4-15-12-16(24)8-10-21(15,2)20(17)9-11-22(18,19)3/h8,10,12,14,17-20,23H,4-7,9,11,13H2,1-3H3/t14-,17-,18+,19-,20-,21-,22+/m0/s1. The molecule has 2 heteroatoms. The van der Waals surface area contributed by atoms with Crippen LogP contribution in [0.15, 0.2) is 23.8 Å². The Kier molecular flexibility index (Phi) is 3.84. The highest BCUT2D eigenvalue weighted by atomic mass is 16.3. The molecule has 0 aliphatic heterocycles. The van der Waals surface area contributed by atoms with Crippen LogP contribution in [-0.4, -0.2) is 17.5 Å². The van der Waals surface area contributed by atoms with Gasteiger partial charge in [0.25, 0.3) is 0 Å². The number of hydrogen-bond acceptors (Lipinski definition) is 2. The maximum atomic E-state index is 11.8. The third-order valence-corrected chi connectivity index (χ3v) is 8.60. The summed E-state index contributed by atoms with van der Waals surface area (Å²) < 4.78 is 0. The number of fused-ring (bicyclic) bond motifs is 5. The maximum absolute atomic E-state index is 11.8. The first-order valence-electron chi connectivity index (χ1n) is 9.95. The van der Waals surface area contributed by atoms with Gasteiger partial charge in [-0.15, -0.1) is 0 Å². The lowest BCUT2D eigenvalue weighted by molar-refractivity contribution is -0.111. The Bertz CT molecular complexity index is 603. The molecule has 0 spiro atoms. The lowest BCUT2D eigenvalue weighted by atomic mass is 9.47. The molecule has 3 saturated carbocycles. The van der Waals surface area contributed by atoms with Crippen LogP contribution >= 0.6 is 0 Å². The van der Waals surface area contributed by atoms with E-state index in [9.17, 15) is 9.90 Å². The largest absolute Gasteiger partial charge is 0.396 e. The van der Waals surface area contributed by atoms with Gasteiger partial charge in [-0.1, -0.05) is 32.4 Å². The summed E-state index contributed by atoms with van der Waals surface area (Å²) in [6.07, 6.45) is 13.5. The number of aliphatic hydroxyl groups excluding tert-OH is 1. The third kappa shape index (κ3) is 2.14. The second kappa shape index (κ2) is 5.56. The van der Waals surface area contributed by atoms with Crippen molar-refractivity contribution in [3.8, 4) is 0 Å². The number of hydrogen-bond donors (Lipinski definition) is 1. The molecule has 4 aliphatic rings. The summed E-state index contributed by atoms with van der Waals surface area (Å²) in [7, 11) is 0. The molecule has 132 valence electrons. The number of ketones is 1. The number of carbonyl (C=O) groups excluding carboxylic acids is 1. The topological polar surface area (TPSA) is 37.3 Å². The van der Waals surface area contributed by atoms with Crippen molar-refractivity contribution in [3.05, 3.63) is 23.8 Å². The van der Waals surface area contributed by atoms with Crippen LogP contribution in [0.2, 0.25) is 0 Å². The average Bonchev–Trinajstić information content (AvgIpc) is 2.92. The van der Waals surface area contributed by atoms with E-state index in [1.54, 1.807) is 0 Å². The average molecular weight is 328 g/mol. The van der Waals surface area contributed by atoms with Crippen LogP contribution in [0.4, 0.5) is 0 Å². The lowest BCUT2D eigenvalue weighted by Gasteiger charge is -2.57. The second-order valence-corrected chi connectivity index (χ2v) is 9.49. The zero-order chi connectivity index (χ0) is 17.1. The molecule has 0 bridgehead atoms. The Morgan fingerprint density at radius 1 is 1.21 bits per heavy atom. The fourth-order valence-corrected chi connectivity index (χ4v) is 7.30. The molecule has 4 aliphatic carbocycles. The van der Waals surface area contributed by atoms with E-state index in [0.717, 1.165) is 18.3 Å². The Hall–Kier alpha value is -0.890. The van der Waals surface area contributed by atoms with E-state index in [4.69, 9.17) is 0 Å². The van der Waals surface area contributed by atoms with E-state index in [0.29, 0.717) is 29.8 Å². The molecular formula is C22H32O2. The van der Waals surface area contributed by atoms with Crippen molar-refractivity contribution in [2.45, 2.75) is 59.3 Å². The van der Waals surface area contributed by atoms with Gasteiger partial charge in [-0.2, -0.15) is 0 Å². The predicted molar refractivity (Wildman–Crippen MR) is 96.4 cm³/mol. The quantitative estimate of drug-likeness (QED) is 0.808. The van der Waals surface area contributed by atoms with Gasteiger partial charge in [0, 0.05) is 12.0 Å². The highest BCUT2D eigenvalue weighted by Gasteiger charge is 2.58. The number of carbonyl (C=O) groups is 1. The van der Waals surface area contributed by atoms with Gasteiger partial charge in [-0.25, -0.2) is 0 Å². The Morgan fingerprint density at radius 2 is 2.00 bits per heavy atom. The van der Waals surface area contributed by atoms with Crippen LogP contribution in [0.3, 0.4) is 0 Å². The normalized spacial score (nSPS) is 48.3. The Morgan fingerprint density at radius 3 is 2.75 bits per heavy atom. The molecule has 0 amide bonds. The van der Waals surface area contributed by atoms with Crippen molar-refractivity contribution < 1.29 is 9.90 Å². The molecule has 3 fully saturated rings. The van der Waals surface area contributed by atoms with Crippen LogP contribution in [0.25, 0.3) is 0 Å². The molecule has 24 heavy (non-hydrogen) atoms. The van der Waals surface area contributed by atoms with Crippen molar-refractivity contribution in [2.75, 3.05) is 6.61 Å². The summed E-state index contributed by atoms with van der Waals surface area (Å²) >= 11 is 0. The first-order chi connectivity index (χ1) is 11.4.